The molecule has 9 heteroatoms. The lowest BCUT2D eigenvalue weighted by atomic mass is 10.2. The van der Waals surface area contributed by atoms with Gasteiger partial charge in [-0.05, 0) is 17.7 Å². The topological polar surface area (TPSA) is 118 Å². The largest absolute Gasteiger partial charge is 0.502 e. The number of hydrogen-bond acceptors (Lipinski definition) is 7. The van der Waals surface area contributed by atoms with Crippen molar-refractivity contribution in [2.75, 3.05) is 0 Å². The third-order valence-corrected chi connectivity index (χ3v) is 4.45. The third-order valence-electron chi connectivity index (χ3n) is 3.51. The Hall–Kier alpha value is -3.59. The molecule has 2 N–H and O–H groups in total. The number of thiazole rings is 1. The van der Waals surface area contributed by atoms with E-state index in [1.54, 1.807) is 0 Å². The normalized spacial score (nSPS) is 10.8. The third kappa shape index (κ3) is 4.73. The predicted molar refractivity (Wildman–Crippen MR) is 102 cm³/mol. The van der Waals surface area contributed by atoms with E-state index in [0.717, 1.165) is 10.6 Å². The molecule has 0 atom stereocenters. The molecule has 3 rings (SSSR count). The summed E-state index contributed by atoms with van der Waals surface area (Å²) >= 11 is 1.46. The predicted octanol–water partition coefficient (Wildman–Crippen LogP) is 3.12. The summed E-state index contributed by atoms with van der Waals surface area (Å²) in [5, 5.41) is 26.7. The van der Waals surface area contributed by atoms with Crippen LogP contribution >= 0.6 is 11.3 Å². The van der Waals surface area contributed by atoms with Gasteiger partial charge >= 0.3 is 5.69 Å². The Morgan fingerprint density at radius 1 is 1.30 bits per heavy atom. The van der Waals surface area contributed by atoms with Gasteiger partial charge in [-0.1, -0.05) is 30.3 Å². The molecule has 2 aromatic carbocycles. The minimum absolute atomic E-state index is 0.0756. The van der Waals surface area contributed by atoms with Crippen molar-refractivity contribution in [2.45, 2.75) is 6.42 Å². The van der Waals surface area contributed by atoms with Crippen LogP contribution in [0.5, 0.6) is 5.75 Å². The quantitative estimate of drug-likeness (QED) is 0.386. The highest BCUT2D eigenvalue weighted by atomic mass is 32.1. The second kappa shape index (κ2) is 8.19. The Morgan fingerprint density at radius 3 is 2.78 bits per heavy atom. The molecule has 0 saturated heterocycles. The van der Waals surface area contributed by atoms with Crippen LogP contribution in [-0.4, -0.2) is 27.1 Å². The fraction of sp³-hybridized carbons (Fsp3) is 0.0556. The summed E-state index contributed by atoms with van der Waals surface area (Å²) in [6, 6.07) is 13.5. The standard InChI is InChI=1S/C18H14N4O4S/c23-16-8-12(6-7-15(16)22(25)26)10-19-21-17(24)9-14-11-27-18(20-14)13-4-2-1-3-5-13/h1-8,10-11,23H,9H2,(H,21,24). The second-order valence-electron chi connectivity index (χ2n) is 5.49. The van der Waals surface area contributed by atoms with Gasteiger partial charge in [0.25, 0.3) is 0 Å². The minimum Gasteiger partial charge on any atom is -0.502 e. The van der Waals surface area contributed by atoms with Gasteiger partial charge in [0.15, 0.2) is 5.75 Å². The first-order chi connectivity index (χ1) is 13.0. The number of nitrogens with zero attached hydrogens (tertiary/aromatic N) is 3. The van der Waals surface area contributed by atoms with E-state index in [4.69, 9.17) is 0 Å². The average Bonchev–Trinajstić information content (AvgIpc) is 3.10. The Morgan fingerprint density at radius 2 is 2.07 bits per heavy atom. The van der Waals surface area contributed by atoms with Gasteiger partial charge in [0.1, 0.15) is 5.01 Å². The fourth-order valence-electron chi connectivity index (χ4n) is 2.26. The van der Waals surface area contributed by atoms with Gasteiger partial charge in [-0.15, -0.1) is 11.3 Å². The number of carbonyl (C=O) groups excluding carboxylic acids is 1. The molecule has 1 heterocycles. The molecule has 0 fully saturated rings. The van der Waals surface area contributed by atoms with Gasteiger partial charge in [0.05, 0.1) is 23.3 Å². The van der Waals surface area contributed by atoms with Crippen molar-refractivity contribution in [1.29, 1.82) is 0 Å². The van der Waals surface area contributed by atoms with E-state index in [0.29, 0.717) is 11.3 Å². The number of hydrazone groups is 1. The lowest BCUT2D eigenvalue weighted by Gasteiger charge is -1.99. The summed E-state index contributed by atoms with van der Waals surface area (Å²) in [6.07, 6.45) is 1.37. The van der Waals surface area contributed by atoms with Gasteiger partial charge < -0.3 is 5.11 Å². The number of nitro groups is 1. The van der Waals surface area contributed by atoms with Crippen LogP contribution in [0.4, 0.5) is 5.69 Å². The van der Waals surface area contributed by atoms with Gasteiger partial charge in [-0.25, -0.2) is 10.4 Å². The molecule has 27 heavy (non-hydrogen) atoms. The summed E-state index contributed by atoms with van der Waals surface area (Å²) in [6.45, 7) is 0. The zero-order valence-electron chi connectivity index (χ0n) is 13.9. The van der Waals surface area contributed by atoms with Crippen LogP contribution in [0.25, 0.3) is 10.6 Å². The average molecular weight is 382 g/mol. The Bertz CT molecular complexity index is 1000. The molecule has 0 aliphatic rings. The van der Waals surface area contributed by atoms with Gasteiger partial charge in [-0.2, -0.15) is 5.10 Å². The molecule has 3 aromatic rings. The molecule has 136 valence electrons. The summed E-state index contributed by atoms with van der Waals surface area (Å²) in [5.41, 5.74) is 4.02. The molecule has 1 aromatic heterocycles. The molecular weight excluding hydrogens is 368 g/mol. The van der Waals surface area contributed by atoms with Crippen molar-refractivity contribution in [2.24, 2.45) is 5.10 Å². The van der Waals surface area contributed by atoms with E-state index in [1.165, 1.54) is 35.8 Å². The number of aromatic hydroxyl groups is 1. The van der Waals surface area contributed by atoms with E-state index in [-0.39, 0.29) is 12.3 Å². The van der Waals surface area contributed by atoms with Crippen molar-refractivity contribution in [3.8, 4) is 16.3 Å². The fourth-order valence-corrected chi connectivity index (χ4v) is 3.09. The van der Waals surface area contributed by atoms with Gasteiger partial charge in [0, 0.05) is 17.0 Å². The molecule has 0 spiro atoms. The zero-order valence-corrected chi connectivity index (χ0v) is 14.7. The molecule has 0 saturated carbocycles. The zero-order chi connectivity index (χ0) is 19.2. The molecular formula is C18H14N4O4S. The smallest absolute Gasteiger partial charge is 0.310 e. The number of aromatic nitrogens is 1. The summed E-state index contributed by atoms with van der Waals surface area (Å²) in [7, 11) is 0. The summed E-state index contributed by atoms with van der Waals surface area (Å²) in [4.78, 5) is 26.4. The van der Waals surface area contributed by atoms with Crippen molar-refractivity contribution in [1.82, 2.24) is 10.4 Å². The highest BCUT2D eigenvalue weighted by Gasteiger charge is 2.12. The van der Waals surface area contributed by atoms with Gasteiger partial charge in [-0.3, -0.25) is 14.9 Å². The first-order valence-corrected chi connectivity index (χ1v) is 8.70. The lowest BCUT2D eigenvalue weighted by molar-refractivity contribution is -0.385. The Kier molecular flexibility index (Phi) is 5.53. The number of nitrogens with one attached hydrogen (secondary N) is 1. The van der Waals surface area contributed by atoms with Crippen LogP contribution < -0.4 is 5.43 Å². The molecule has 0 unspecified atom stereocenters. The minimum atomic E-state index is -0.685. The molecule has 1 amide bonds. The maximum atomic E-state index is 12.0. The van der Waals surface area contributed by atoms with Crippen LogP contribution in [0.3, 0.4) is 0 Å². The van der Waals surface area contributed by atoms with Crippen molar-refractivity contribution in [3.63, 3.8) is 0 Å². The van der Waals surface area contributed by atoms with E-state index in [9.17, 15) is 20.0 Å². The van der Waals surface area contributed by atoms with Crippen molar-refractivity contribution < 1.29 is 14.8 Å². The van der Waals surface area contributed by atoms with Gasteiger partial charge in [0.2, 0.25) is 5.91 Å². The van der Waals surface area contributed by atoms with Crippen LogP contribution in [0.15, 0.2) is 59.0 Å². The van der Waals surface area contributed by atoms with Crippen molar-refractivity contribution in [3.05, 3.63) is 75.3 Å². The van der Waals surface area contributed by atoms with E-state index in [1.807, 2.05) is 35.7 Å². The number of amides is 1. The highest BCUT2D eigenvalue weighted by Crippen LogP contribution is 2.25. The van der Waals surface area contributed by atoms with E-state index >= 15 is 0 Å². The molecule has 0 aliphatic heterocycles. The SMILES string of the molecule is O=C(Cc1csc(-c2ccccc2)n1)NN=Cc1ccc([N+](=O)[O-])c(O)c1. The molecule has 0 radical (unpaired) electrons. The monoisotopic (exact) mass is 382 g/mol. The molecule has 0 aliphatic carbocycles. The highest BCUT2D eigenvalue weighted by molar-refractivity contribution is 7.13. The summed E-state index contributed by atoms with van der Waals surface area (Å²) < 4.78 is 0. The van der Waals surface area contributed by atoms with Crippen LogP contribution in [0.2, 0.25) is 0 Å². The number of nitro benzene ring substituents is 1. The van der Waals surface area contributed by atoms with E-state index in [2.05, 4.69) is 15.5 Å². The Labute approximate surface area is 158 Å². The van der Waals surface area contributed by atoms with Crippen molar-refractivity contribution >= 4 is 29.1 Å². The Balaban J connectivity index is 1.57. The maximum absolute atomic E-state index is 12.0. The second-order valence-corrected chi connectivity index (χ2v) is 6.34. The first-order valence-electron chi connectivity index (χ1n) is 7.82. The lowest BCUT2D eigenvalue weighted by Crippen LogP contribution is -2.19. The van der Waals surface area contributed by atoms with E-state index < -0.39 is 16.4 Å². The number of hydrogen-bond donors (Lipinski definition) is 2. The number of benzene rings is 2. The molecule has 8 nitrogen and oxygen atoms in total. The number of phenolic OH excluding ortho intramolecular Hbond substituents is 1. The maximum Gasteiger partial charge on any atom is 0.310 e. The number of phenols is 1. The van der Waals surface area contributed by atoms with Crippen LogP contribution in [0, 0.1) is 10.1 Å². The van der Waals surface area contributed by atoms with Crippen LogP contribution in [0.1, 0.15) is 11.3 Å². The van der Waals surface area contributed by atoms with Crippen LogP contribution in [-0.2, 0) is 11.2 Å². The summed E-state index contributed by atoms with van der Waals surface area (Å²) in [5.74, 6) is -0.812. The number of carbonyl (C=O) groups is 1. The first kappa shape index (κ1) is 18.2. The molecule has 0 bridgehead atoms. The number of rotatable bonds is 6.